The van der Waals surface area contributed by atoms with Crippen LogP contribution in [0.4, 0.5) is 4.79 Å². The molecule has 0 saturated carbocycles. The number of imide groups is 2. The minimum atomic E-state index is -1.39. The van der Waals surface area contributed by atoms with Crippen molar-refractivity contribution in [3.8, 4) is 11.5 Å². The molecule has 1 aliphatic rings. The Morgan fingerprint density at radius 1 is 1.03 bits per heavy atom. The molecule has 0 aliphatic carbocycles. The fourth-order valence-corrected chi connectivity index (χ4v) is 4.66. The summed E-state index contributed by atoms with van der Waals surface area (Å²) in [5.74, 6) is -3.75. The highest BCUT2D eigenvalue weighted by atomic mass is 16.5. The SMILES string of the molecule is COc1cc([C@@H](c2n(Cc3ccccc3)c(C)c(C)[n+]2[O-])C2C(=O)N(C)C(=O)N(C)C2=O)ccc1O. The molecule has 2 aromatic carbocycles. The van der Waals surface area contributed by atoms with Crippen LogP contribution < -0.4 is 9.47 Å². The van der Waals surface area contributed by atoms with Crippen LogP contribution in [0.5, 0.6) is 11.5 Å². The van der Waals surface area contributed by atoms with E-state index in [-0.39, 0.29) is 17.3 Å². The van der Waals surface area contributed by atoms with Crippen LogP contribution in [0.1, 0.15) is 34.3 Å². The van der Waals surface area contributed by atoms with E-state index in [0.29, 0.717) is 23.5 Å². The fourth-order valence-electron chi connectivity index (χ4n) is 4.66. The number of aromatic nitrogens is 2. The lowest BCUT2D eigenvalue weighted by atomic mass is 9.82. The number of methoxy groups -OCH3 is 1. The summed E-state index contributed by atoms with van der Waals surface area (Å²) in [7, 11) is 3.99. The number of benzene rings is 2. The van der Waals surface area contributed by atoms with Gasteiger partial charge in [-0.15, -0.1) is 0 Å². The van der Waals surface area contributed by atoms with Crippen LogP contribution in [-0.4, -0.2) is 58.5 Å². The van der Waals surface area contributed by atoms with Crippen molar-refractivity contribution < 1.29 is 29.0 Å². The van der Waals surface area contributed by atoms with Crippen molar-refractivity contribution in [3.05, 3.63) is 82.1 Å². The van der Waals surface area contributed by atoms with Crippen LogP contribution in [0.2, 0.25) is 0 Å². The third kappa shape index (κ3) is 3.94. The number of nitrogens with zero attached hydrogens (tertiary/aromatic N) is 4. The van der Waals surface area contributed by atoms with E-state index in [1.165, 1.54) is 33.3 Å². The Kier molecular flexibility index (Phi) is 6.45. The van der Waals surface area contributed by atoms with Crippen LogP contribution in [0, 0.1) is 25.0 Å². The van der Waals surface area contributed by atoms with E-state index in [1.54, 1.807) is 24.5 Å². The number of carbonyl (C=O) groups excluding carboxylic acids is 3. The largest absolute Gasteiger partial charge is 0.711 e. The quantitative estimate of drug-likeness (QED) is 0.320. The smallest absolute Gasteiger partial charge is 0.332 e. The van der Waals surface area contributed by atoms with E-state index < -0.39 is 29.7 Å². The summed E-state index contributed by atoms with van der Waals surface area (Å²) in [5.41, 5.74) is 2.42. The predicted octanol–water partition coefficient (Wildman–Crippen LogP) is 2.30. The molecule has 10 nitrogen and oxygen atoms in total. The first-order valence-electron chi connectivity index (χ1n) is 11.4. The number of amides is 4. The fraction of sp³-hybridized carbons (Fsp3) is 0.308. The number of hydrogen-bond acceptors (Lipinski definition) is 6. The van der Waals surface area contributed by atoms with Crippen molar-refractivity contribution in [1.82, 2.24) is 14.4 Å². The average Bonchev–Trinajstić information content (AvgIpc) is 3.08. The van der Waals surface area contributed by atoms with E-state index >= 15 is 0 Å². The highest BCUT2D eigenvalue weighted by molar-refractivity contribution is 6.16. The Morgan fingerprint density at radius 3 is 2.22 bits per heavy atom. The maximum absolute atomic E-state index is 13.6. The highest BCUT2D eigenvalue weighted by Gasteiger charge is 2.51. The average molecular weight is 493 g/mol. The Labute approximate surface area is 208 Å². The first-order chi connectivity index (χ1) is 17.1. The normalized spacial score (nSPS) is 15.5. The zero-order valence-electron chi connectivity index (χ0n) is 20.8. The Hall–Kier alpha value is -4.34. The lowest BCUT2D eigenvalue weighted by Crippen LogP contribution is -2.59. The molecule has 2 heterocycles. The maximum atomic E-state index is 13.6. The van der Waals surface area contributed by atoms with Crippen molar-refractivity contribution in [2.45, 2.75) is 26.3 Å². The van der Waals surface area contributed by atoms with E-state index in [0.717, 1.165) is 20.1 Å². The van der Waals surface area contributed by atoms with Gasteiger partial charge in [-0.1, -0.05) is 36.4 Å². The number of imidazole rings is 1. The minimum absolute atomic E-state index is 0.123. The topological polar surface area (TPSA) is 119 Å². The molecule has 0 unspecified atom stereocenters. The summed E-state index contributed by atoms with van der Waals surface area (Å²) in [6.07, 6.45) is 0. The van der Waals surface area contributed by atoms with Crippen LogP contribution in [-0.2, 0) is 16.1 Å². The number of hydrogen-bond donors (Lipinski definition) is 1. The summed E-state index contributed by atoms with van der Waals surface area (Å²) in [6.45, 7) is 3.80. The van der Waals surface area contributed by atoms with E-state index in [9.17, 15) is 24.7 Å². The Bertz CT molecular complexity index is 1330. The number of carbonyl (C=O) groups is 3. The summed E-state index contributed by atoms with van der Waals surface area (Å²) in [6, 6.07) is 13.2. The van der Waals surface area contributed by atoms with Gasteiger partial charge in [-0.05, 0) is 23.3 Å². The monoisotopic (exact) mass is 492 g/mol. The molecule has 4 amide bonds. The summed E-state index contributed by atoms with van der Waals surface area (Å²) in [4.78, 5) is 41.1. The van der Waals surface area contributed by atoms with Crippen LogP contribution in [0.15, 0.2) is 48.5 Å². The first kappa shape index (κ1) is 24.8. The molecular weight excluding hydrogens is 464 g/mol. The van der Waals surface area contributed by atoms with Gasteiger partial charge in [0.05, 0.1) is 7.11 Å². The summed E-state index contributed by atoms with van der Waals surface area (Å²) >= 11 is 0. The van der Waals surface area contributed by atoms with Crippen LogP contribution >= 0.6 is 0 Å². The van der Waals surface area contributed by atoms with Crippen molar-refractivity contribution in [2.24, 2.45) is 5.92 Å². The van der Waals surface area contributed by atoms with Gasteiger partial charge in [0.2, 0.25) is 11.8 Å². The van der Waals surface area contributed by atoms with Gasteiger partial charge < -0.3 is 15.1 Å². The molecule has 1 aromatic heterocycles. The Morgan fingerprint density at radius 2 is 1.64 bits per heavy atom. The van der Waals surface area contributed by atoms with Gasteiger partial charge in [-0.2, -0.15) is 0 Å². The molecule has 1 fully saturated rings. The highest BCUT2D eigenvalue weighted by Crippen LogP contribution is 2.39. The Balaban J connectivity index is 2.00. The molecule has 1 N–H and O–H groups in total. The van der Waals surface area contributed by atoms with Crippen molar-refractivity contribution >= 4 is 17.8 Å². The second-order valence-corrected chi connectivity index (χ2v) is 8.86. The van der Waals surface area contributed by atoms with Gasteiger partial charge in [0.25, 0.3) is 5.82 Å². The third-order valence-electron chi connectivity index (χ3n) is 6.84. The van der Waals surface area contributed by atoms with E-state index in [2.05, 4.69) is 0 Å². The van der Waals surface area contributed by atoms with Crippen molar-refractivity contribution in [3.63, 3.8) is 0 Å². The molecule has 3 aromatic rings. The summed E-state index contributed by atoms with van der Waals surface area (Å²) in [5, 5.41) is 23.8. The van der Waals surface area contributed by atoms with Gasteiger partial charge in [0.1, 0.15) is 29.8 Å². The zero-order valence-corrected chi connectivity index (χ0v) is 20.8. The minimum Gasteiger partial charge on any atom is -0.711 e. The van der Waals surface area contributed by atoms with Gasteiger partial charge in [-0.3, -0.25) is 19.4 Å². The molecule has 1 saturated heterocycles. The summed E-state index contributed by atoms with van der Waals surface area (Å²) < 4.78 is 7.80. The zero-order chi connectivity index (χ0) is 26.3. The van der Waals surface area contributed by atoms with Gasteiger partial charge in [0.15, 0.2) is 11.5 Å². The number of barbiturate groups is 1. The first-order valence-corrected chi connectivity index (χ1v) is 11.4. The molecular formula is C26H28N4O6. The van der Waals surface area contributed by atoms with Crippen molar-refractivity contribution in [1.29, 1.82) is 0 Å². The number of rotatable bonds is 6. The molecule has 0 spiro atoms. The number of urea groups is 1. The van der Waals surface area contributed by atoms with E-state index in [4.69, 9.17) is 4.74 Å². The van der Waals surface area contributed by atoms with E-state index in [1.807, 2.05) is 30.3 Å². The van der Waals surface area contributed by atoms with Crippen LogP contribution in [0.3, 0.4) is 0 Å². The molecule has 36 heavy (non-hydrogen) atoms. The number of phenols is 1. The molecule has 1 atom stereocenters. The molecule has 10 heteroatoms. The van der Waals surface area contributed by atoms with Gasteiger partial charge >= 0.3 is 6.03 Å². The molecule has 0 radical (unpaired) electrons. The van der Waals surface area contributed by atoms with Crippen LogP contribution in [0.25, 0.3) is 0 Å². The van der Waals surface area contributed by atoms with Crippen molar-refractivity contribution in [2.75, 3.05) is 21.2 Å². The molecule has 188 valence electrons. The number of ether oxygens (including phenoxy) is 1. The lowest BCUT2D eigenvalue weighted by Gasteiger charge is -2.36. The number of phenolic OH excluding ortho intramolecular Hbond substituents is 1. The maximum Gasteiger partial charge on any atom is 0.332 e. The molecule has 0 bridgehead atoms. The standard InChI is InChI=1S/C26H28N4O6/c1-15-16(2)30(35)23(29(15)14-17-9-7-6-8-10-17)21(18-11-12-19(31)20(13-18)36-5)22-24(32)27(3)26(34)28(4)25(22)33/h6-13,21-22,31H,14H2,1-5H3/t21-/m1/s1. The predicted molar refractivity (Wildman–Crippen MR) is 129 cm³/mol. The number of aromatic hydroxyl groups is 1. The third-order valence-corrected chi connectivity index (χ3v) is 6.84. The van der Waals surface area contributed by atoms with Gasteiger partial charge in [0, 0.05) is 27.9 Å². The second kappa shape index (κ2) is 9.37. The molecule has 1 aliphatic heterocycles. The molecule has 4 rings (SSSR count). The second-order valence-electron chi connectivity index (χ2n) is 8.86. The van der Waals surface area contributed by atoms with Gasteiger partial charge in [-0.25, -0.2) is 14.1 Å². The lowest BCUT2D eigenvalue weighted by molar-refractivity contribution is -0.621.